The van der Waals surface area contributed by atoms with E-state index in [0.29, 0.717) is 38.5 Å². The van der Waals surface area contributed by atoms with Gasteiger partial charge in [-0.05, 0) is 83.5 Å². The van der Waals surface area contributed by atoms with Crippen LogP contribution in [0.25, 0.3) is 0 Å². The molecule has 0 aromatic heterocycles. The number of hydrogen-bond donors (Lipinski definition) is 4. The molecule has 0 saturated heterocycles. The molecule has 0 fully saturated rings. The van der Waals surface area contributed by atoms with Crippen molar-refractivity contribution in [1.29, 1.82) is 0 Å². The molecule has 0 aromatic rings. The maximum atomic E-state index is 12.6. The zero-order valence-electron chi connectivity index (χ0n) is 35.1. The highest BCUT2D eigenvalue weighted by molar-refractivity contribution is 7.47. The molecule has 0 saturated carbocycles. The maximum Gasteiger partial charge on any atom is 0.472 e. The van der Waals surface area contributed by atoms with Crippen LogP contribution >= 0.6 is 7.82 Å². The number of carbonyl (C=O) groups excluding carboxylic acids is 2. The molecule has 0 amide bonds. The Bertz CT molecular complexity index is 1340. The second-order valence-electron chi connectivity index (χ2n) is 13.5. The molecule has 0 aromatic carbocycles. The van der Waals surface area contributed by atoms with Crippen molar-refractivity contribution in [2.75, 3.05) is 26.4 Å². The summed E-state index contributed by atoms with van der Waals surface area (Å²) in [6, 6.07) is 0. The molecular weight excluding hydrogens is 759 g/mol. The predicted molar refractivity (Wildman–Crippen MR) is 234 cm³/mol. The third-order valence-corrected chi connectivity index (χ3v) is 8.94. The highest BCUT2D eigenvalue weighted by Gasteiger charge is 2.27. The van der Waals surface area contributed by atoms with Gasteiger partial charge in [0.05, 0.1) is 25.9 Å². The first-order chi connectivity index (χ1) is 28.1. The maximum absolute atomic E-state index is 12.6. The van der Waals surface area contributed by atoms with E-state index in [1.807, 2.05) is 54.7 Å². The normalized spacial score (nSPS) is 15.5. The molecule has 0 spiro atoms. The minimum absolute atomic E-state index is 0.0766. The lowest BCUT2D eigenvalue weighted by Gasteiger charge is -2.20. The third kappa shape index (κ3) is 39.4. The number of unbranched alkanes of at least 4 members (excludes halogenated alkanes) is 5. The lowest BCUT2D eigenvalue weighted by molar-refractivity contribution is -0.161. The number of rotatable bonds is 37. The number of ether oxygens (including phenoxy) is 2. The van der Waals surface area contributed by atoms with Crippen LogP contribution in [0.15, 0.2) is 109 Å². The third-order valence-electron chi connectivity index (χ3n) is 7.99. The van der Waals surface area contributed by atoms with Crippen molar-refractivity contribution >= 4 is 19.8 Å². The van der Waals surface area contributed by atoms with Gasteiger partial charge in [0.15, 0.2) is 6.10 Å². The molecule has 0 aliphatic heterocycles. The van der Waals surface area contributed by atoms with Gasteiger partial charge in [0.2, 0.25) is 0 Å². The number of hydrogen-bond acceptors (Lipinski definition) is 10. The van der Waals surface area contributed by atoms with Gasteiger partial charge in [-0.3, -0.25) is 18.6 Å². The highest BCUT2D eigenvalue weighted by atomic mass is 31.2. The fraction of sp³-hybridized carbons (Fsp3) is 0.565. The van der Waals surface area contributed by atoms with Crippen LogP contribution in [0, 0.1) is 0 Å². The first-order valence-corrected chi connectivity index (χ1v) is 22.4. The minimum atomic E-state index is -4.67. The van der Waals surface area contributed by atoms with Crippen LogP contribution in [0.1, 0.15) is 123 Å². The van der Waals surface area contributed by atoms with Crippen molar-refractivity contribution in [2.24, 2.45) is 0 Å². The predicted octanol–water partition coefficient (Wildman–Crippen LogP) is 9.97. The monoisotopic (exact) mass is 832 g/mol. The molecule has 0 rings (SSSR count). The molecule has 0 aliphatic rings. The van der Waals surface area contributed by atoms with Crippen LogP contribution < -0.4 is 0 Å². The summed E-state index contributed by atoms with van der Waals surface area (Å²) in [6.07, 6.45) is 46.7. The molecule has 0 heterocycles. The van der Waals surface area contributed by atoms with Gasteiger partial charge < -0.3 is 29.7 Å². The zero-order chi connectivity index (χ0) is 42.8. The number of phosphoric ester groups is 1. The summed E-state index contributed by atoms with van der Waals surface area (Å²) >= 11 is 0. The first kappa shape index (κ1) is 54.6. The Morgan fingerprint density at radius 3 is 1.71 bits per heavy atom. The Hall–Kier alpha value is -3.41. The summed E-state index contributed by atoms with van der Waals surface area (Å²) < 4.78 is 32.5. The van der Waals surface area contributed by atoms with Crippen molar-refractivity contribution < 1.29 is 52.9 Å². The van der Waals surface area contributed by atoms with Gasteiger partial charge >= 0.3 is 19.8 Å². The average molecular weight is 833 g/mol. The van der Waals surface area contributed by atoms with E-state index in [1.165, 1.54) is 19.3 Å². The summed E-state index contributed by atoms with van der Waals surface area (Å²) in [6.45, 7) is 1.98. The Morgan fingerprint density at radius 2 is 1.12 bits per heavy atom. The van der Waals surface area contributed by atoms with Gasteiger partial charge in [0.1, 0.15) is 12.7 Å². The van der Waals surface area contributed by atoms with Crippen LogP contribution in [-0.4, -0.2) is 76.9 Å². The van der Waals surface area contributed by atoms with E-state index in [4.69, 9.17) is 19.1 Å². The Labute approximate surface area is 348 Å². The van der Waals surface area contributed by atoms with Crippen molar-refractivity contribution in [2.45, 2.75) is 141 Å². The van der Waals surface area contributed by atoms with Crippen LogP contribution in [0.4, 0.5) is 0 Å². The van der Waals surface area contributed by atoms with Crippen LogP contribution in [0.2, 0.25) is 0 Å². The number of esters is 2. The molecule has 2 unspecified atom stereocenters. The van der Waals surface area contributed by atoms with E-state index >= 15 is 0 Å². The van der Waals surface area contributed by atoms with Crippen LogP contribution in [0.3, 0.4) is 0 Å². The molecule has 12 heteroatoms. The van der Waals surface area contributed by atoms with Crippen molar-refractivity contribution in [1.82, 2.24) is 0 Å². The van der Waals surface area contributed by atoms with E-state index < -0.39 is 64.5 Å². The van der Waals surface area contributed by atoms with Crippen molar-refractivity contribution in [3.63, 3.8) is 0 Å². The Balaban J connectivity index is 4.60. The van der Waals surface area contributed by atoms with Gasteiger partial charge in [0.25, 0.3) is 0 Å². The minimum Gasteiger partial charge on any atom is -0.462 e. The molecule has 328 valence electrons. The lowest BCUT2D eigenvalue weighted by atomic mass is 10.2. The summed E-state index contributed by atoms with van der Waals surface area (Å²) in [7, 11) is -4.67. The first-order valence-electron chi connectivity index (χ1n) is 21.0. The summed E-state index contributed by atoms with van der Waals surface area (Å²) in [5, 5.41) is 28.3. The number of allylic oxidation sites excluding steroid dienone is 16. The standard InChI is InChI=1S/C46H73O11P/c1-3-5-7-9-11-12-13-14-15-16-17-18-19-20-25-29-33-37-46(51)57-44(41-56-58(52,53)55-39-43(49)38-47)40-54-45(50)36-32-28-24-22-21-23-27-31-35-42(48)34-30-26-10-8-6-4-2/h6,8,11-12,14-15,17-18,20,22-27,30-31,35,42-44,47-49H,3-5,7,9-10,13,16,19,21,28-29,32-34,36-41H2,1-2H3,(H,52,53)/b8-6-,12-11-,15-14-,18-17-,24-22-,25-20-,27-23-,30-26-,35-31+/t42?,43-,44+/m0/s1. The summed E-state index contributed by atoms with van der Waals surface area (Å²) in [5.41, 5.74) is 0. The molecule has 0 bridgehead atoms. The Kier molecular flexibility index (Phi) is 38.0. The van der Waals surface area contributed by atoms with Gasteiger partial charge in [-0.2, -0.15) is 0 Å². The van der Waals surface area contributed by atoms with Crippen molar-refractivity contribution in [3.8, 4) is 0 Å². The van der Waals surface area contributed by atoms with E-state index in [1.54, 1.807) is 6.08 Å². The highest BCUT2D eigenvalue weighted by Crippen LogP contribution is 2.43. The van der Waals surface area contributed by atoms with Gasteiger partial charge in [0, 0.05) is 12.8 Å². The Morgan fingerprint density at radius 1 is 0.603 bits per heavy atom. The number of aliphatic hydroxyl groups excluding tert-OH is 3. The number of aliphatic hydroxyl groups is 3. The fourth-order valence-corrected chi connectivity index (χ4v) is 5.54. The average Bonchev–Trinajstić information content (AvgIpc) is 3.21. The fourth-order valence-electron chi connectivity index (χ4n) is 4.75. The molecule has 4 atom stereocenters. The van der Waals surface area contributed by atoms with E-state index in [9.17, 15) is 29.3 Å². The molecule has 58 heavy (non-hydrogen) atoms. The number of carbonyl (C=O) groups is 2. The van der Waals surface area contributed by atoms with Crippen molar-refractivity contribution in [3.05, 3.63) is 109 Å². The molecule has 11 nitrogen and oxygen atoms in total. The van der Waals surface area contributed by atoms with Crippen LogP contribution in [-0.2, 0) is 32.7 Å². The smallest absolute Gasteiger partial charge is 0.462 e. The molecule has 4 N–H and O–H groups in total. The van der Waals surface area contributed by atoms with Gasteiger partial charge in [-0.25, -0.2) is 4.57 Å². The van der Waals surface area contributed by atoms with E-state index in [0.717, 1.165) is 38.5 Å². The van der Waals surface area contributed by atoms with E-state index in [2.05, 4.69) is 67.0 Å². The molecular formula is C46H73O11P. The lowest BCUT2D eigenvalue weighted by Crippen LogP contribution is -2.29. The quantitative estimate of drug-likeness (QED) is 0.0155. The summed E-state index contributed by atoms with van der Waals surface area (Å²) in [5.74, 6) is -1.11. The van der Waals surface area contributed by atoms with Gasteiger partial charge in [-0.1, -0.05) is 136 Å². The largest absolute Gasteiger partial charge is 0.472 e. The SMILES string of the molecule is CC/C=C\C/C=C\CC(O)/C=C/C=C\C/C=C\CCCC(=O)OC[C@H](COP(=O)(O)OC[C@@H](O)CO)OC(=O)CCC/C=C\C/C=C\C/C=C\C/C=C\CCCCC. The second-order valence-corrected chi connectivity index (χ2v) is 14.9. The summed E-state index contributed by atoms with van der Waals surface area (Å²) in [4.78, 5) is 34.9. The topological polar surface area (TPSA) is 169 Å². The molecule has 0 aliphatic carbocycles. The second kappa shape index (κ2) is 40.4. The molecule has 0 radical (unpaired) electrons. The van der Waals surface area contributed by atoms with Gasteiger partial charge in [-0.15, -0.1) is 0 Å². The van der Waals surface area contributed by atoms with E-state index in [-0.39, 0.29) is 12.8 Å². The van der Waals surface area contributed by atoms with Crippen LogP contribution in [0.5, 0.6) is 0 Å². The zero-order valence-corrected chi connectivity index (χ0v) is 36.0. The number of phosphoric acid groups is 1.